The van der Waals surface area contributed by atoms with E-state index in [0.29, 0.717) is 22.9 Å². The van der Waals surface area contributed by atoms with Gasteiger partial charge in [0.05, 0.1) is 23.4 Å². The van der Waals surface area contributed by atoms with Crippen LogP contribution in [0.5, 0.6) is 11.5 Å². The van der Waals surface area contributed by atoms with E-state index in [4.69, 9.17) is 32.7 Å². The molecular formula is C25H20Cl2N2O4. The van der Waals surface area contributed by atoms with Crippen LogP contribution in [0.15, 0.2) is 77.9 Å². The van der Waals surface area contributed by atoms with E-state index in [1.807, 2.05) is 37.3 Å². The van der Waals surface area contributed by atoms with Crippen molar-refractivity contribution in [3.8, 4) is 11.5 Å². The molecule has 0 aliphatic heterocycles. The summed E-state index contributed by atoms with van der Waals surface area (Å²) in [4.78, 5) is 24.4. The number of carbonyl (C=O) groups excluding carboxylic acids is 2. The molecule has 0 unspecified atom stereocenters. The summed E-state index contributed by atoms with van der Waals surface area (Å²) < 4.78 is 11.0. The van der Waals surface area contributed by atoms with Gasteiger partial charge in [0, 0.05) is 11.1 Å². The van der Waals surface area contributed by atoms with Crippen molar-refractivity contribution in [1.29, 1.82) is 0 Å². The maximum Gasteiger partial charge on any atom is 0.336 e. The molecule has 3 aromatic rings. The van der Waals surface area contributed by atoms with Crippen molar-refractivity contribution in [2.75, 3.05) is 6.61 Å². The van der Waals surface area contributed by atoms with Gasteiger partial charge in [-0.25, -0.2) is 10.2 Å². The van der Waals surface area contributed by atoms with E-state index in [9.17, 15) is 9.59 Å². The second-order valence-corrected chi connectivity index (χ2v) is 7.47. The Morgan fingerprint density at radius 1 is 0.970 bits per heavy atom. The summed E-state index contributed by atoms with van der Waals surface area (Å²) in [6.45, 7) is 2.19. The lowest BCUT2D eigenvalue weighted by Crippen LogP contribution is -2.18. The minimum Gasteiger partial charge on any atom is -0.490 e. The monoisotopic (exact) mass is 482 g/mol. The average molecular weight is 483 g/mol. The fourth-order valence-electron chi connectivity index (χ4n) is 2.73. The first-order valence-corrected chi connectivity index (χ1v) is 10.7. The van der Waals surface area contributed by atoms with Gasteiger partial charge in [-0.1, -0.05) is 53.5 Å². The van der Waals surface area contributed by atoms with Crippen LogP contribution in [0.25, 0.3) is 6.08 Å². The molecule has 0 aromatic heterocycles. The number of benzene rings is 3. The fraction of sp³-hybridized carbons (Fsp3) is 0.0800. The smallest absolute Gasteiger partial charge is 0.336 e. The molecule has 0 saturated carbocycles. The lowest BCUT2D eigenvalue weighted by molar-refractivity contribution is -0.129. The minimum absolute atomic E-state index is 0.223. The molecule has 0 saturated heterocycles. The van der Waals surface area contributed by atoms with Crippen molar-refractivity contribution in [1.82, 2.24) is 5.43 Å². The van der Waals surface area contributed by atoms with Crippen LogP contribution in [-0.2, 0) is 4.79 Å². The number of nitrogens with one attached hydrogen (secondary N) is 1. The van der Waals surface area contributed by atoms with Gasteiger partial charge in [-0.05, 0) is 60.5 Å². The Morgan fingerprint density at radius 2 is 1.76 bits per heavy atom. The Labute approximate surface area is 201 Å². The molecule has 1 N–H and O–H groups in total. The first kappa shape index (κ1) is 24.0. The number of amides is 1. The highest BCUT2D eigenvalue weighted by Crippen LogP contribution is 2.28. The van der Waals surface area contributed by atoms with Crippen molar-refractivity contribution in [3.63, 3.8) is 0 Å². The van der Waals surface area contributed by atoms with Crippen LogP contribution in [0.3, 0.4) is 0 Å². The van der Waals surface area contributed by atoms with Crippen LogP contribution in [0.4, 0.5) is 0 Å². The quantitative estimate of drug-likeness (QED) is 0.145. The minimum atomic E-state index is -0.534. The molecule has 0 spiro atoms. The molecule has 0 atom stereocenters. The number of hydrogen-bond donors (Lipinski definition) is 1. The summed E-state index contributed by atoms with van der Waals surface area (Å²) in [6, 6.07) is 18.9. The van der Waals surface area contributed by atoms with Crippen LogP contribution < -0.4 is 14.9 Å². The van der Waals surface area contributed by atoms with Crippen molar-refractivity contribution >= 4 is 47.4 Å². The van der Waals surface area contributed by atoms with Gasteiger partial charge in [-0.3, -0.25) is 4.79 Å². The molecule has 0 aliphatic rings. The van der Waals surface area contributed by atoms with Crippen LogP contribution in [0.2, 0.25) is 10.0 Å². The van der Waals surface area contributed by atoms with Crippen LogP contribution >= 0.6 is 23.2 Å². The highest BCUT2D eigenvalue weighted by Gasteiger charge is 2.11. The summed E-state index contributed by atoms with van der Waals surface area (Å²) in [6.07, 6.45) is 4.45. The summed E-state index contributed by atoms with van der Waals surface area (Å²) in [5.41, 5.74) is 4.16. The third-order valence-corrected chi connectivity index (χ3v) is 4.79. The second kappa shape index (κ2) is 11.9. The largest absolute Gasteiger partial charge is 0.490 e. The molecule has 8 heteroatoms. The molecule has 6 nitrogen and oxygen atoms in total. The van der Waals surface area contributed by atoms with Crippen molar-refractivity contribution in [2.24, 2.45) is 5.10 Å². The molecule has 0 fully saturated rings. The molecule has 0 radical (unpaired) electrons. The number of halogens is 2. The number of esters is 1. The van der Waals surface area contributed by atoms with Gasteiger partial charge in [0.25, 0.3) is 5.91 Å². The Kier molecular flexibility index (Phi) is 8.63. The van der Waals surface area contributed by atoms with Gasteiger partial charge < -0.3 is 9.47 Å². The highest BCUT2D eigenvalue weighted by molar-refractivity contribution is 6.36. The Bertz CT molecular complexity index is 1190. The highest BCUT2D eigenvalue weighted by atomic mass is 35.5. The molecule has 3 aromatic carbocycles. The van der Waals surface area contributed by atoms with E-state index in [2.05, 4.69) is 10.5 Å². The molecule has 0 heterocycles. The summed E-state index contributed by atoms with van der Waals surface area (Å²) in [7, 11) is 0. The van der Waals surface area contributed by atoms with Crippen molar-refractivity contribution in [3.05, 3.63) is 99.5 Å². The summed E-state index contributed by atoms with van der Waals surface area (Å²) in [5, 5.41) is 4.60. The first-order chi connectivity index (χ1) is 16.0. The molecule has 3 rings (SSSR count). The van der Waals surface area contributed by atoms with E-state index in [-0.39, 0.29) is 16.3 Å². The number of hydrogen-bond acceptors (Lipinski definition) is 5. The maximum absolute atomic E-state index is 12.2. The van der Waals surface area contributed by atoms with E-state index < -0.39 is 11.9 Å². The molecular weight excluding hydrogens is 463 g/mol. The summed E-state index contributed by atoms with van der Waals surface area (Å²) >= 11 is 11.9. The van der Waals surface area contributed by atoms with E-state index in [1.54, 1.807) is 30.3 Å². The third kappa shape index (κ3) is 7.20. The lowest BCUT2D eigenvalue weighted by atomic mass is 10.2. The third-order valence-electron chi connectivity index (χ3n) is 4.25. The standard InChI is InChI=1S/C25H20Cl2N2O4/c1-2-32-23-14-18(16-28-29-25(31)20-11-10-19(26)15-21(20)27)8-12-22(23)33-24(30)13-9-17-6-4-3-5-7-17/h3-16H,2H2,1H3,(H,29,31)/b13-9+,28-16+. The molecule has 0 bridgehead atoms. The van der Waals surface area contributed by atoms with E-state index >= 15 is 0 Å². The van der Waals surface area contributed by atoms with E-state index in [1.165, 1.54) is 24.4 Å². The number of rotatable bonds is 8. The molecule has 1 amide bonds. The van der Waals surface area contributed by atoms with Gasteiger partial charge in [0.15, 0.2) is 11.5 Å². The second-order valence-electron chi connectivity index (χ2n) is 6.63. The van der Waals surface area contributed by atoms with Crippen molar-refractivity contribution < 1.29 is 19.1 Å². The Morgan fingerprint density at radius 3 is 2.48 bits per heavy atom. The predicted molar refractivity (Wildman–Crippen MR) is 130 cm³/mol. The maximum atomic E-state index is 12.2. The molecule has 33 heavy (non-hydrogen) atoms. The van der Waals surface area contributed by atoms with Crippen molar-refractivity contribution in [2.45, 2.75) is 6.92 Å². The number of nitrogens with zero attached hydrogens (tertiary/aromatic N) is 1. The van der Waals surface area contributed by atoms with E-state index in [0.717, 1.165) is 5.56 Å². The summed E-state index contributed by atoms with van der Waals surface area (Å²) in [5.74, 6) is -0.370. The van der Waals surface area contributed by atoms with Crippen LogP contribution in [0, 0.1) is 0 Å². The zero-order chi connectivity index (χ0) is 23.6. The fourth-order valence-corrected chi connectivity index (χ4v) is 3.22. The normalized spacial score (nSPS) is 11.0. The molecule has 0 aliphatic carbocycles. The van der Waals surface area contributed by atoms with Gasteiger partial charge in [-0.15, -0.1) is 0 Å². The first-order valence-electron chi connectivity index (χ1n) is 9.96. The van der Waals surface area contributed by atoms with Gasteiger partial charge in [-0.2, -0.15) is 5.10 Å². The predicted octanol–water partition coefficient (Wildman–Crippen LogP) is 5.77. The Balaban J connectivity index is 1.66. The zero-order valence-electron chi connectivity index (χ0n) is 17.6. The average Bonchev–Trinajstić information content (AvgIpc) is 2.80. The van der Waals surface area contributed by atoms with Crippen LogP contribution in [-0.4, -0.2) is 24.7 Å². The lowest BCUT2D eigenvalue weighted by Gasteiger charge is -2.10. The Hall–Kier alpha value is -3.61. The number of ether oxygens (including phenoxy) is 2. The zero-order valence-corrected chi connectivity index (χ0v) is 19.1. The van der Waals surface area contributed by atoms with Crippen LogP contribution in [0.1, 0.15) is 28.4 Å². The molecule has 168 valence electrons. The van der Waals surface area contributed by atoms with Gasteiger partial charge >= 0.3 is 5.97 Å². The topological polar surface area (TPSA) is 77.0 Å². The number of hydrazone groups is 1. The number of carbonyl (C=O) groups is 2. The van der Waals surface area contributed by atoms with Gasteiger partial charge in [0.1, 0.15) is 0 Å². The van der Waals surface area contributed by atoms with Gasteiger partial charge in [0.2, 0.25) is 0 Å². The SMILES string of the molecule is CCOc1cc(/C=N/NC(=O)c2ccc(Cl)cc2Cl)ccc1OC(=O)/C=C/c1ccccc1.